The van der Waals surface area contributed by atoms with Crippen molar-refractivity contribution in [1.29, 1.82) is 0 Å². The Hall–Kier alpha value is -3.41. The van der Waals surface area contributed by atoms with Gasteiger partial charge in [0.25, 0.3) is 0 Å². The first-order chi connectivity index (χ1) is 35.5. The molecule has 414 valence electrons. The molecule has 72 heavy (non-hydrogen) atoms. The van der Waals surface area contributed by atoms with E-state index in [1.165, 1.54) is 154 Å². The highest BCUT2D eigenvalue weighted by molar-refractivity contribution is 5.71. The van der Waals surface area contributed by atoms with Crippen LogP contribution in [-0.2, 0) is 28.6 Å². The van der Waals surface area contributed by atoms with E-state index < -0.39 is 6.10 Å². The van der Waals surface area contributed by atoms with Crippen molar-refractivity contribution in [3.63, 3.8) is 0 Å². The van der Waals surface area contributed by atoms with Crippen molar-refractivity contribution in [3.8, 4) is 0 Å². The molecule has 0 spiro atoms. The van der Waals surface area contributed by atoms with Gasteiger partial charge in [0.05, 0.1) is 0 Å². The molecule has 0 aromatic carbocycles. The zero-order valence-electron chi connectivity index (χ0n) is 47.4. The van der Waals surface area contributed by atoms with E-state index >= 15 is 0 Å². The van der Waals surface area contributed by atoms with Crippen LogP contribution >= 0.6 is 0 Å². The maximum absolute atomic E-state index is 12.9. The van der Waals surface area contributed by atoms with Crippen LogP contribution in [0.25, 0.3) is 0 Å². The van der Waals surface area contributed by atoms with Crippen LogP contribution in [0.1, 0.15) is 297 Å². The van der Waals surface area contributed by atoms with Crippen molar-refractivity contribution in [3.05, 3.63) is 85.1 Å². The highest BCUT2D eigenvalue weighted by atomic mass is 16.6. The molecule has 0 N–H and O–H groups in total. The molecule has 0 heterocycles. The molecule has 0 fully saturated rings. The molecule has 0 rings (SSSR count). The Labute approximate surface area is 445 Å². The second-order valence-corrected chi connectivity index (χ2v) is 20.2. The summed E-state index contributed by atoms with van der Waals surface area (Å²) in [5.74, 6) is -0.885. The van der Waals surface area contributed by atoms with E-state index in [0.717, 1.165) is 103 Å². The van der Waals surface area contributed by atoms with Crippen molar-refractivity contribution in [2.24, 2.45) is 0 Å². The van der Waals surface area contributed by atoms with Gasteiger partial charge < -0.3 is 14.2 Å². The summed E-state index contributed by atoms with van der Waals surface area (Å²) in [6.45, 7) is 6.50. The standard InChI is InChI=1S/C66H114O6/c1-4-7-10-13-16-19-21-23-25-27-29-31-32-33-34-36-37-39-41-43-45-47-50-53-56-59-65(68)71-62-63(61-70-64(67)58-55-52-49-18-15-12-9-6-3)72-66(69)60-57-54-51-48-46-44-42-40-38-35-30-28-26-24-22-20-17-14-11-8-5-2/h7,10,16,19,22-25,28-31,33-34,63H,4-6,8-9,11-15,17-18,20-21,26-27,32,35-62H2,1-3H3/b10-7-,19-16-,24-22-,25-23-,30-28-,31-29-,34-33-. The maximum atomic E-state index is 12.9. The summed E-state index contributed by atoms with van der Waals surface area (Å²) in [5.41, 5.74) is 0. The molecule has 0 saturated carbocycles. The predicted molar refractivity (Wildman–Crippen MR) is 311 cm³/mol. The molecule has 0 aliphatic rings. The number of carbonyl (C=O) groups is 3. The SMILES string of the molecule is CC/C=C\C/C=C\C/C=C\C/C=C\C/C=C\CCCCCCCCCCCC(=O)OCC(COC(=O)CCCCCCCCCC)OC(=O)CCCCCCCCCCC/C=C\C/C=C\CCCCCCC. The maximum Gasteiger partial charge on any atom is 0.306 e. The second-order valence-electron chi connectivity index (χ2n) is 20.2. The molecule has 1 unspecified atom stereocenters. The molecule has 0 aliphatic carbocycles. The van der Waals surface area contributed by atoms with Gasteiger partial charge >= 0.3 is 17.9 Å². The second kappa shape index (κ2) is 60.1. The molecular formula is C66H114O6. The fraction of sp³-hybridized carbons (Fsp3) is 0.742. The van der Waals surface area contributed by atoms with E-state index in [9.17, 15) is 14.4 Å². The van der Waals surface area contributed by atoms with Crippen molar-refractivity contribution >= 4 is 17.9 Å². The quantitative estimate of drug-likeness (QED) is 0.0261. The summed E-state index contributed by atoms with van der Waals surface area (Å²) in [5, 5.41) is 0. The number of rotatable bonds is 55. The molecule has 6 heteroatoms. The van der Waals surface area contributed by atoms with Gasteiger partial charge in [-0.25, -0.2) is 0 Å². The molecule has 0 bridgehead atoms. The number of allylic oxidation sites excluding steroid dienone is 14. The third kappa shape index (κ3) is 57.5. The van der Waals surface area contributed by atoms with Crippen molar-refractivity contribution < 1.29 is 28.6 Å². The summed E-state index contributed by atoms with van der Waals surface area (Å²) in [4.78, 5) is 38.1. The third-order valence-electron chi connectivity index (χ3n) is 13.1. The van der Waals surface area contributed by atoms with E-state index in [0.29, 0.717) is 19.3 Å². The summed E-state index contributed by atoms with van der Waals surface area (Å²) in [7, 11) is 0. The van der Waals surface area contributed by atoms with Gasteiger partial charge in [-0.15, -0.1) is 0 Å². The number of ether oxygens (including phenoxy) is 3. The molecule has 0 aliphatic heterocycles. The van der Waals surface area contributed by atoms with Crippen LogP contribution in [0.5, 0.6) is 0 Å². The zero-order chi connectivity index (χ0) is 52.2. The molecule has 0 amide bonds. The monoisotopic (exact) mass is 1000 g/mol. The molecule has 0 radical (unpaired) electrons. The van der Waals surface area contributed by atoms with Crippen molar-refractivity contribution in [2.75, 3.05) is 13.2 Å². The highest BCUT2D eigenvalue weighted by Gasteiger charge is 2.19. The Morgan fingerprint density at radius 1 is 0.292 bits per heavy atom. The van der Waals surface area contributed by atoms with E-state index in [-0.39, 0.29) is 31.1 Å². The lowest BCUT2D eigenvalue weighted by molar-refractivity contribution is -0.167. The Bertz CT molecular complexity index is 1380. The van der Waals surface area contributed by atoms with Crippen LogP contribution in [0.15, 0.2) is 85.1 Å². The van der Waals surface area contributed by atoms with E-state index in [1.54, 1.807) is 0 Å². The van der Waals surface area contributed by atoms with Crippen LogP contribution in [0, 0.1) is 0 Å². The van der Waals surface area contributed by atoms with Gasteiger partial charge in [0.1, 0.15) is 13.2 Å². The lowest BCUT2D eigenvalue weighted by atomic mass is 10.1. The smallest absolute Gasteiger partial charge is 0.306 e. The van der Waals surface area contributed by atoms with Crippen LogP contribution in [-0.4, -0.2) is 37.2 Å². The van der Waals surface area contributed by atoms with E-state index in [2.05, 4.69) is 106 Å². The Kier molecular flexibility index (Phi) is 57.3. The van der Waals surface area contributed by atoms with Crippen molar-refractivity contribution in [2.45, 2.75) is 303 Å². The van der Waals surface area contributed by atoms with Crippen LogP contribution in [0.3, 0.4) is 0 Å². The first-order valence-corrected chi connectivity index (χ1v) is 30.6. The number of esters is 3. The van der Waals surface area contributed by atoms with Gasteiger partial charge in [-0.1, -0.05) is 266 Å². The minimum atomic E-state index is -0.779. The largest absolute Gasteiger partial charge is 0.462 e. The highest BCUT2D eigenvalue weighted by Crippen LogP contribution is 2.16. The molecular weight excluding hydrogens is 889 g/mol. The van der Waals surface area contributed by atoms with Crippen LogP contribution in [0.2, 0.25) is 0 Å². The molecule has 0 aromatic heterocycles. The first kappa shape index (κ1) is 68.6. The third-order valence-corrected chi connectivity index (χ3v) is 13.1. The molecule has 1 atom stereocenters. The Balaban J connectivity index is 4.22. The molecule has 0 aromatic rings. The summed E-state index contributed by atoms with van der Waals surface area (Å²) in [6.07, 6.45) is 78.8. The summed E-state index contributed by atoms with van der Waals surface area (Å²) < 4.78 is 16.8. The average Bonchev–Trinajstić information content (AvgIpc) is 3.38. The average molecular weight is 1000 g/mol. The molecule has 6 nitrogen and oxygen atoms in total. The summed E-state index contributed by atoms with van der Waals surface area (Å²) in [6, 6.07) is 0. The van der Waals surface area contributed by atoms with Gasteiger partial charge in [-0.2, -0.15) is 0 Å². The molecule has 0 saturated heterocycles. The van der Waals surface area contributed by atoms with Crippen LogP contribution in [0.4, 0.5) is 0 Å². The van der Waals surface area contributed by atoms with Gasteiger partial charge in [-0.05, 0) is 96.3 Å². The van der Waals surface area contributed by atoms with Gasteiger partial charge in [-0.3, -0.25) is 14.4 Å². The lowest BCUT2D eigenvalue weighted by Gasteiger charge is -2.18. The zero-order valence-corrected chi connectivity index (χ0v) is 47.4. The van der Waals surface area contributed by atoms with Gasteiger partial charge in [0.15, 0.2) is 6.10 Å². The minimum Gasteiger partial charge on any atom is -0.462 e. The first-order valence-electron chi connectivity index (χ1n) is 30.6. The fourth-order valence-electron chi connectivity index (χ4n) is 8.56. The number of hydrogen-bond acceptors (Lipinski definition) is 6. The number of unbranched alkanes of at least 4 members (excludes halogenated alkanes) is 30. The van der Waals surface area contributed by atoms with Crippen molar-refractivity contribution in [1.82, 2.24) is 0 Å². The fourth-order valence-corrected chi connectivity index (χ4v) is 8.56. The lowest BCUT2D eigenvalue weighted by Crippen LogP contribution is -2.30. The summed E-state index contributed by atoms with van der Waals surface area (Å²) >= 11 is 0. The predicted octanol–water partition coefficient (Wildman–Crippen LogP) is 20.7. The number of hydrogen-bond donors (Lipinski definition) is 0. The minimum absolute atomic E-state index is 0.0782. The normalized spacial score (nSPS) is 12.7. The topological polar surface area (TPSA) is 78.9 Å². The van der Waals surface area contributed by atoms with E-state index in [1.807, 2.05) is 0 Å². The van der Waals surface area contributed by atoms with Gasteiger partial charge in [0.2, 0.25) is 0 Å². The Morgan fingerprint density at radius 2 is 0.542 bits per heavy atom. The van der Waals surface area contributed by atoms with E-state index in [4.69, 9.17) is 14.2 Å². The van der Waals surface area contributed by atoms with Crippen LogP contribution < -0.4 is 0 Å². The Morgan fingerprint density at radius 3 is 0.847 bits per heavy atom. The van der Waals surface area contributed by atoms with Gasteiger partial charge in [0, 0.05) is 19.3 Å². The number of carbonyl (C=O) groups excluding carboxylic acids is 3.